The first-order valence-electron chi connectivity index (χ1n) is 11.2. The fourth-order valence-electron chi connectivity index (χ4n) is 3.71. The Labute approximate surface area is 217 Å². The Balaban J connectivity index is 0.000000532. The van der Waals surface area contributed by atoms with Crippen molar-refractivity contribution in [3.05, 3.63) is 66.2 Å². The number of carbonyl (C=O) groups is 3. The highest BCUT2D eigenvalue weighted by atomic mass is 19.4. The van der Waals surface area contributed by atoms with Crippen molar-refractivity contribution in [3.63, 3.8) is 0 Å². The quantitative estimate of drug-likeness (QED) is 0.389. The molecular weight excluding hydrogens is 533 g/mol. The van der Waals surface area contributed by atoms with E-state index in [9.17, 15) is 31.5 Å². The molecule has 11 nitrogen and oxygen atoms in total. The van der Waals surface area contributed by atoms with E-state index in [1.165, 1.54) is 23.4 Å². The predicted octanol–water partition coefficient (Wildman–Crippen LogP) is 1.86. The van der Waals surface area contributed by atoms with Crippen LogP contribution in [0.3, 0.4) is 0 Å². The summed E-state index contributed by atoms with van der Waals surface area (Å²) in [7, 11) is 0. The van der Waals surface area contributed by atoms with Crippen molar-refractivity contribution in [1.29, 1.82) is 0 Å². The number of alkyl halides is 4. The van der Waals surface area contributed by atoms with Crippen LogP contribution in [0.1, 0.15) is 17.9 Å². The fourth-order valence-corrected chi connectivity index (χ4v) is 3.71. The molecule has 0 bridgehead atoms. The van der Waals surface area contributed by atoms with Gasteiger partial charge < -0.3 is 15.7 Å². The van der Waals surface area contributed by atoms with Gasteiger partial charge in [0.1, 0.15) is 18.0 Å². The van der Waals surface area contributed by atoms with E-state index in [0.717, 1.165) is 15.9 Å². The number of nitrogens with zero attached hydrogens (tertiary/aromatic N) is 5. The molecule has 0 saturated carbocycles. The second kappa shape index (κ2) is 12.4. The molecule has 1 aromatic heterocycles. The maximum absolute atomic E-state index is 13.6. The van der Waals surface area contributed by atoms with Crippen molar-refractivity contribution < 1.29 is 41.4 Å². The van der Waals surface area contributed by atoms with Crippen molar-refractivity contribution in [2.24, 2.45) is 5.73 Å². The molecule has 0 radical (unpaired) electrons. The van der Waals surface area contributed by atoms with Gasteiger partial charge in [0.25, 0.3) is 0 Å². The summed E-state index contributed by atoms with van der Waals surface area (Å²) in [5, 5.41) is 17.6. The van der Waals surface area contributed by atoms with Gasteiger partial charge in [-0.05, 0) is 45.7 Å². The molecule has 0 spiro atoms. The first-order chi connectivity index (χ1) is 18.4. The van der Waals surface area contributed by atoms with Gasteiger partial charge in [-0.2, -0.15) is 13.2 Å². The predicted molar refractivity (Wildman–Crippen MR) is 125 cm³/mol. The van der Waals surface area contributed by atoms with Crippen LogP contribution in [-0.2, 0) is 14.4 Å². The summed E-state index contributed by atoms with van der Waals surface area (Å²) in [5.74, 6) is -5.28. The second-order valence-corrected chi connectivity index (χ2v) is 8.34. The van der Waals surface area contributed by atoms with Gasteiger partial charge >= 0.3 is 12.1 Å². The molecule has 1 fully saturated rings. The number of rotatable bonds is 6. The fraction of sp³-hybridized carbons (Fsp3) is 0.304. The molecule has 1 saturated heterocycles. The standard InChI is InChI=1S/C21H21F2N7O2.C2HF3O2/c22-16-7-5-14(6-8-16)13-1-3-15(4-2-13)18(20(31)26-30-12-25-27-28-30)19(24)21(32)29-10-9-17(23)11-29;3-2(4,5)1(6)7/h1-8,12,17-19H,9-11,24H2,(H,26,31);(H,6,7)/t17-,18-,19-;/m0./s1. The van der Waals surface area contributed by atoms with Crippen molar-refractivity contribution in [2.45, 2.75) is 30.7 Å². The molecule has 4 N–H and O–H groups in total. The molecule has 2 aromatic carbocycles. The van der Waals surface area contributed by atoms with E-state index in [0.29, 0.717) is 5.56 Å². The lowest BCUT2D eigenvalue weighted by molar-refractivity contribution is -0.192. The number of amides is 2. The monoisotopic (exact) mass is 555 g/mol. The first kappa shape index (κ1) is 29.1. The van der Waals surface area contributed by atoms with E-state index in [4.69, 9.17) is 15.6 Å². The lowest BCUT2D eigenvalue weighted by Gasteiger charge is -2.26. The Morgan fingerprint density at radius 1 is 1.05 bits per heavy atom. The summed E-state index contributed by atoms with van der Waals surface area (Å²) in [4.78, 5) is 37.2. The summed E-state index contributed by atoms with van der Waals surface area (Å²) in [6.45, 7) is 0.204. The second-order valence-electron chi connectivity index (χ2n) is 8.34. The lowest BCUT2D eigenvalue weighted by atomic mass is 9.89. The van der Waals surface area contributed by atoms with Crippen LogP contribution in [0.2, 0.25) is 0 Å². The number of benzene rings is 2. The summed E-state index contributed by atoms with van der Waals surface area (Å²) in [5.41, 5.74) is 10.8. The SMILES string of the molecule is N[C@H](C(=O)N1CC[C@H](F)C1)[C@@H](C(=O)Nn1cnnn1)c1ccc(-c2ccc(F)cc2)cc1.O=C(O)C(F)(F)F. The molecule has 16 heteroatoms. The highest BCUT2D eigenvalue weighted by Crippen LogP contribution is 2.27. The summed E-state index contributed by atoms with van der Waals surface area (Å²) >= 11 is 0. The van der Waals surface area contributed by atoms with Crippen LogP contribution in [0.4, 0.5) is 22.0 Å². The number of carboxylic acid groups (broad SMARTS) is 1. The number of halogens is 5. The smallest absolute Gasteiger partial charge is 0.475 e. The molecule has 39 heavy (non-hydrogen) atoms. The zero-order valence-electron chi connectivity index (χ0n) is 19.9. The zero-order valence-corrected chi connectivity index (χ0v) is 19.9. The number of hydrogen-bond donors (Lipinski definition) is 3. The maximum Gasteiger partial charge on any atom is 0.490 e. The van der Waals surface area contributed by atoms with Crippen LogP contribution in [0.5, 0.6) is 0 Å². The number of aliphatic carboxylic acids is 1. The van der Waals surface area contributed by atoms with Gasteiger partial charge in [0.15, 0.2) is 6.33 Å². The number of aromatic nitrogens is 4. The van der Waals surface area contributed by atoms with E-state index in [2.05, 4.69) is 21.0 Å². The minimum absolute atomic E-state index is 0.0443. The Morgan fingerprint density at radius 3 is 2.08 bits per heavy atom. The molecule has 1 aliphatic heterocycles. The van der Waals surface area contributed by atoms with Crippen molar-refractivity contribution in [3.8, 4) is 11.1 Å². The number of likely N-dealkylation sites (tertiary alicyclic amines) is 1. The molecule has 4 rings (SSSR count). The number of nitrogens with one attached hydrogen (secondary N) is 1. The third kappa shape index (κ3) is 7.76. The van der Waals surface area contributed by atoms with E-state index in [-0.39, 0.29) is 25.3 Å². The van der Waals surface area contributed by atoms with E-state index < -0.39 is 42.1 Å². The van der Waals surface area contributed by atoms with Crippen LogP contribution in [0.25, 0.3) is 11.1 Å². The van der Waals surface area contributed by atoms with Gasteiger partial charge in [0, 0.05) is 6.54 Å². The van der Waals surface area contributed by atoms with E-state index >= 15 is 0 Å². The molecule has 2 heterocycles. The van der Waals surface area contributed by atoms with Crippen LogP contribution < -0.4 is 11.2 Å². The van der Waals surface area contributed by atoms with Gasteiger partial charge in [0.2, 0.25) is 11.8 Å². The number of nitrogens with two attached hydrogens (primary N) is 1. The van der Waals surface area contributed by atoms with E-state index in [1.807, 2.05) is 0 Å². The van der Waals surface area contributed by atoms with E-state index in [1.54, 1.807) is 36.4 Å². The average Bonchev–Trinajstić information content (AvgIpc) is 3.56. The molecule has 2 amide bonds. The summed E-state index contributed by atoms with van der Waals surface area (Å²) in [6.07, 6.45) is -4.75. The molecule has 1 aliphatic rings. The Kier molecular flexibility index (Phi) is 9.24. The van der Waals surface area contributed by atoms with Gasteiger partial charge in [-0.3, -0.25) is 9.59 Å². The first-order valence-corrected chi connectivity index (χ1v) is 11.2. The van der Waals surface area contributed by atoms with Crippen molar-refractivity contribution >= 4 is 17.8 Å². The highest BCUT2D eigenvalue weighted by Gasteiger charge is 2.39. The molecule has 208 valence electrons. The summed E-state index contributed by atoms with van der Waals surface area (Å²) < 4.78 is 58.5. The number of hydrogen-bond acceptors (Lipinski definition) is 7. The molecule has 0 unspecified atom stereocenters. The molecule has 3 aromatic rings. The van der Waals surface area contributed by atoms with Crippen LogP contribution >= 0.6 is 0 Å². The molecule has 0 aliphatic carbocycles. The van der Waals surface area contributed by atoms with Crippen LogP contribution in [-0.4, -0.2) is 79.6 Å². The van der Waals surface area contributed by atoms with Crippen molar-refractivity contribution in [1.82, 2.24) is 25.2 Å². The molecular formula is C23H22F5N7O4. The minimum atomic E-state index is -5.08. The van der Waals surface area contributed by atoms with Crippen LogP contribution in [0, 0.1) is 5.82 Å². The largest absolute Gasteiger partial charge is 0.490 e. The Morgan fingerprint density at radius 2 is 1.62 bits per heavy atom. The number of tetrazole rings is 1. The maximum atomic E-state index is 13.6. The van der Waals surface area contributed by atoms with Gasteiger partial charge in [-0.25, -0.2) is 19.0 Å². The van der Waals surface area contributed by atoms with Gasteiger partial charge in [-0.15, -0.1) is 9.89 Å². The van der Waals surface area contributed by atoms with Gasteiger partial charge in [0.05, 0.1) is 12.5 Å². The third-order valence-corrected chi connectivity index (χ3v) is 5.63. The Bertz CT molecular complexity index is 1270. The average molecular weight is 555 g/mol. The Hall–Kier alpha value is -4.47. The topological polar surface area (TPSA) is 156 Å². The third-order valence-electron chi connectivity index (χ3n) is 5.63. The highest BCUT2D eigenvalue weighted by molar-refractivity contribution is 5.97. The normalized spacial score (nSPS) is 16.6. The van der Waals surface area contributed by atoms with Crippen LogP contribution in [0.15, 0.2) is 54.9 Å². The number of carbonyl (C=O) groups excluding carboxylic acids is 2. The minimum Gasteiger partial charge on any atom is -0.475 e. The summed E-state index contributed by atoms with van der Waals surface area (Å²) in [6, 6.07) is 11.6. The van der Waals surface area contributed by atoms with Gasteiger partial charge in [-0.1, -0.05) is 36.4 Å². The molecule has 3 atom stereocenters. The van der Waals surface area contributed by atoms with Crippen molar-refractivity contribution in [2.75, 3.05) is 18.5 Å². The zero-order chi connectivity index (χ0) is 28.7. The lowest BCUT2D eigenvalue weighted by Crippen LogP contribution is -2.50. The number of carboxylic acids is 1.